The predicted molar refractivity (Wildman–Crippen MR) is 131 cm³/mol. The maximum Gasteiger partial charge on any atom is 0.244 e. The minimum Gasteiger partial charge on any atom is -0.497 e. The molecule has 0 saturated heterocycles. The lowest BCUT2D eigenvalue weighted by Crippen LogP contribution is -2.23. The van der Waals surface area contributed by atoms with E-state index in [-0.39, 0.29) is 24.7 Å². The van der Waals surface area contributed by atoms with Gasteiger partial charge in [0.1, 0.15) is 22.7 Å². The number of amides is 2. The normalized spacial score (nSPS) is 11.4. The van der Waals surface area contributed by atoms with E-state index in [1.165, 1.54) is 0 Å². The van der Waals surface area contributed by atoms with Crippen molar-refractivity contribution in [2.24, 2.45) is 5.10 Å². The zero-order chi connectivity index (χ0) is 24.1. The van der Waals surface area contributed by atoms with Gasteiger partial charge in [-0.15, -0.1) is 0 Å². The predicted octanol–water partition coefficient (Wildman–Crippen LogP) is 4.67. The fourth-order valence-corrected chi connectivity index (χ4v) is 3.61. The SMILES string of the molecule is COc1ccc(CC(=O)N/N=C(\C)CC(=O)Nc2cc3oc4ccccc4c3cc2OC)cc1. The highest BCUT2D eigenvalue weighted by Crippen LogP contribution is 2.36. The molecule has 0 unspecified atom stereocenters. The van der Waals surface area contributed by atoms with E-state index < -0.39 is 0 Å². The Hall–Kier alpha value is -4.33. The van der Waals surface area contributed by atoms with Crippen LogP contribution < -0.4 is 20.2 Å². The highest BCUT2D eigenvalue weighted by molar-refractivity contribution is 6.10. The Kier molecular flexibility index (Phi) is 6.77. The fraction of sp³-hybridized carbons (Fsp3) is 0.192. The number of furan rings is 1. The molecular formula is C26H25N3O5. The first kappa shape index (κ1) is 22.8. The molecule has 0 aliphatic heterocycles. The quantitative estimate of drug-likeness (QED) is 0.295. The molecule has 0 radical (unpaired) electrons. The topological polar surface area (TPSA) is 102 Å². The van der Waals surface area contributed by atoms with Crippen molar-refractivity contribution in [1.82, 2.24) is 5.43 Å². The number of benzene rings is 3. The van der Waals surface area contributed by atoms with E-state index in [1.807, 2.05) is 42.5 Å². The van der Waals surface area contributed by atoms with Crippen molar-refractivity contribution < 1.29 is 23.5 Å². The molecule has 0 bridgehead atoms. The number of hydrogen-bond acceptors (Lipinski definition) is 6. The standard InChI is InChI=1S/C26H25N3O5/c1-16(28-29-26(31)13-17-8-10-18(32-2)11-9-17)12-25(30)27-21-15-23-20(14-24(21)33-3)19-6-4-5-7-22(19)34-23/h4-11,14-15H,12-13H2,1-3H3,(H,27,30)(H,29,31)/b28-16+. The van der Waals surface area contributed by atoms with E-state index in [9.17, 15) is 9.59 Å². The fourth-order valence-electron chi connectivity index (χ4n) is 3.61. The molecule has 2 amide bonds. The van der Waals surface area contributed by atoms with Crippen LogP contribution in [0.2, 0.25) is 0 Å². The van der Waals surface area contributed by atoms with Crippen LogP contribution in [0.3, 0.4) is 0 Å². The average Bonchev–Trinajstić information content (AvgIpc) is 3.20. The lowest BCUT2D eigenvalue weighted by molar-refractivity contribution is -0.120. The maximum absolute atomic E-state index is 12.6. The third kappa shape index (κ3) is 5.17. The van der Waals surface area contributed by atoms with Crippen molar-refractivity contribution in [1.29, 1.82) is 0 Å². The van der Waals surface area contributed by atoms with Crippen LogP contribution in [-0.2, 0) is 16.0 Å². The lowest BCUT2D eigenvalue weighted by atomic mass is 10.1. The first-order valence-electron chi connectivity index (χ1n) is 10.7. The zero-order valence-electron chi connectivity index (χ0n) is 19.2. The number of carbonyl (C=O) groups excluding carboxylic acids is 2. The van der Waals surface area contributed by atoms with Gasteiger partial charge in [-0.3, -0.25) is 9.59 Å². The highest BCUT2D eigenvalue weighted by Gasteiger charge is 2.14. The Bertz CT molecular complexity index is 1370. The highest BCUT2D eigenvalue weighted by atomic mass is 16.5. The molecule has 0 fully saturated rings. The number of carbonyl (C=O) groups is 2. The van der Waals surface area contributed by atoms with Gasteiger partial charge in [0, 0.05) is 22.6 Å². The minimum atomic E-state index is -0.292. The molecule has 174 valence electrons. The Morgan fingerprint density at radius 1 is 0.912 bits per heavy atom. The molecular weight excluding hydrogens is 434 g/mol. The molecule has 3 aromatic carbocycles. The summed E-state index contributed by atoms with van der Waals surface area (Å²) in [5, 5.41) is 8.76. The summed E-state index contributed by atoms with van der Waals surface area (Å²) in [5.74, 6) is 0.677. The van der Waals surface area contributed by atoms with Crippen LogP contribution >= 0.6 is 0 Å². The summed E-state index contributed by atoms with van der Waals surface area (Å²) in [6.45, 7) is 1.67. The molecule has 0 aliphatic carbocycles. The third-order valence-corrected chi connectivity index (χ3v) is 5.28. The largest absolute Gasteiger partial charge is 0.497 e. The number of ether oxygens (including phenoxy) is 2. The number of anilines is 1. The lowest BCUT2D eigenvalue weighted by Gasteiger charge is -2.10. The molecule has 0 saturated carbocycles. The van der Waals surface area contributed by atoms with Crippen molar-refractivity contribution in [3.63, 3.8) is 0 Å². The zero-order valence-corrected chi connectivity index (χ0v) is 19.2. The van der Waals surface area contributed by atoms with Crippen molar-refractivity contribution in [3.05, 3.63) is 66.2 Å². The summed E-state index contributed by atoms with van der Waals surface area (Å²) in [4.78, 5) is 24.7. The van der Waals surface area contributed by atoms with Crippen LogP contribution in [0.25, 0.3) is 21.9 Å². The monoisotopic (exact) mass is 459 g/mol. The molecule has 8 nitrogen and oxygen atoms in total. The van der Waals surface area contributed by atoms with E-state index in [0.29, 0.717) is 22.7 Å². The van der Waals surface area contributed by atoms with Crippen LogP contribution in [0.4, 0.5) is 5.69 Å². The average molecular weight is 460 g/mol. The number of fused-ring (bicyclic) bond motifs is 3. The summed E-state index contributed by atoms with van der Waals surface area (Å²) < 4.78 is 16.5. The number of hydrazone groups is 1. The van der Waals surface area contributed by atoms with Crippen LogP contribution in [-0.4, -0.2) is 31.7 Å². The third-order valence-electron chi connectivity index (χ3n) is 5.28. The van der Waals surface area contributed by atoms with Crippen molar-refractivity contribution >= 4 is 45.2 Å². The molecule has 1 aromatic heterocycles. The maximum atomic E-state index is 12.6. The van der Waals surface area contributed by atoms with Gasteiger partial charge in [0.25, 0.3) is 0 Å². The summed E-state index contributed by atoms with van der Waals surface area (Å²) in [5.41, 5.74) is 5.68. The Morgan fingerprint density at radius 3 is 2.41 bits per heavy atom. The Labute approximate surface area is 196 Å². The molecule has 34 heavy (non-hydrogen) atoms. The Balaban J connectivity index is 1.38. The number of para-hydroxylation sites is 1. The summed E-state index contributed by atoms with van der Waals surface area (Å²) >= 11 is 0. The molecule has 0 aliphatic rings. The number of hydrogen-bond donors (Lipinski definition) is 2. The summed E-state index contributed by atoms with van der Waals surface area (Å²) in [6.07, 6.45) is 0.172. The van der Waals surface area contributed by atoms with Crippen LogP contribution in [0, 0.1) is 0 Å². The van der Waals surface area contributed by atoms with Gasteiger partial charge < -0.3 is 19.2 Å². The van der Waals surface area contributed by atoms with Gasteiger partial charge in [-0.05, 0) is 36.8 Å². The van der Waals surface area contributed by atoms with E-state index in [2.05, 4.69) is 15.8 Å². The first-order valence-corrected chi connectivity index (χ1v) is 10.7. The molecule has 8 heteroatoms. The number of nitrogens with zero attached hydrogens (tertiary/aromatic N) is 1. The van der Waals surface area contributed by atoms with E-state index >= 15 is 0 Å². The van der Waals surface area contributed by atoms with Gasteiger partial charge in [-0.25, -0.2) is 5.43 Å². The molecule has 4 aromatic rings. The van der Waals surface area contributed by atoms with E-state index in [0.717, 1.165) is 27.7 Å². The van der Waals surface area contributed by atoms with Crippen molar-refractivity contribution in [3.8, 4) is 11.5 Å². The molecule has 1 heterocycles. The van der Waals surface area contributed by atoms with Gasteiger partial charge in [0.15, 0.2) is 0 Å². The van der Waals surface area contributed by atoms with E-state index in [4.69, 9.17) is 13.9 Å². The summed E-state index contributed by atoms with van der Waals surface area (Å²) in [7, 11) is 3.13. The van der Waals surface area contributed by atoms with Crippen molar-refractivity contribution in [2.75, 3.05) is 19.5 Å². The molecule has 0 spiro atoms. The second kappa shape index (κ2) is 10.1. The number of rotatable bonds is 8. The van der Waals surface area contributed by atoms with Crippen LogP contribution in [0.5, 0.6) is 11.5 Å². The molecule has 4 rings (SSSR count). The van der Waals surface area contributed by atoms with E-state index in [1.54, 1.807) is 39.3 Å². The number of methoxy groups -OCH3 is 2. The minimum absolute atomic E-state index is 0.00410. The molecule has 0 atom stereocenters. The van der Waals surface area contributed by atoms with Gasteiger partial charge in [-0.1, -0.05) is 30.3 Å². The first-order chi connectivity index (χ1) is 16.5. The second-order valence-corrected chi connectivity index (χ2v) is 7.78. The van der Waals surface area contributed by atoms with Gasteiger partial charge in [0.05, 0.1) is 32.7 Å². The van der Waals surface area contributed by atoms with Crippen LogP contribution in [0.15, 0.2) is 70.2 Å². The Morgan fingerprint density at radius 2 is 1.68 bits per heavy atom. The summed E-state index contributed by atoms with van der Waals surface area (Å²) in [6, 6.07) is 18.5. The van der Waals surface area contributed by atoms with Gasteiger partial charge in [-0.2, -0.15) is 5.10 Å². The van der Waals surface area contributed by atoms with Crippen LogP contribution in [0.1, 0.15) is 18.9 Å². The van der Waals surface area contributed by atoms with Gasteiger partial charge in [0.2, 0.25) is 11.8 Å². The second-order valence-electron chi connectivity index (χ2n) is 7.78. The van der Waals surface area contributed by atoms with Gasteiger partial charge >= 0.3 is 0 Å². The smallest absolute Gasteiger partial charge is 0.244 e. The van der Waals surface area contributed by atoms with Crippen molar-refractivity contribution in [2.45, 2.75) is 19.8 Å². The number of nitrogens with one attached hydrogen (secondary N) is 2. The molecule has 2 N–H and O–H groups in total.